The minimum absolute atomic E-state index is 0.175. The maximum absolute atomic E-state index is 12.4. The molecule has 2 atom stereocenters. The summed E-state index contributed by atoms with van der Waals surface area (Å²) in [7, 11) is 0. The summed E-state index contributed by atoms with van der Waals surface area (Å²) < 4.78 is 6.63. The summed E-state index contributed by atoms with van der Waals surface area (Å²) in [5.41, 5.74) is 1.53. The van der Waals surface area contributed by atoms with Gasteiger partial charge in [-0.2, -0.15) is 0 Å². The molecule has 0 unspecified atom stereocenters. The van der Waals surface area contributed by atoms with E-state index in [0.29, 0.717) is 11.3 Å². The van der Waals surface area contributed by atoms with Crippen LogP contribution in [0.5, 0.6) is 0 Å². The molecule has 1 aliphatic carbocycles. The highest BCUT2D eigenvalue weighted by molar-refractivity contribution is 9.10. The first-order valence-corrected chi connectivity index (χ1v) is 8.03. The Labute approximate surface area is 131 Å². The summed E-state index contributed by atoms with van der Waals surface area (Å²) >= 11 is 3.43. The van der Waals surface area contributed by atoms with E-state index in [1.165, 1.54) is 0 Å². The van der Waals surface area contributed by atoms with Crippen LogP contribution in [0.2, 0.25) is 0 Å². The van der Waals surface area contributed by atoms with E-state index in [1.54, 1.807) is 0 Å². The van der Waals surface area contributed by atoms with E-state index in [4.69, 9.17) is 4.42 Å². The van der Waals surface area contributed by atoms with Gasteiger partial charge in [0, 0.05) is 15.4 Å². The van der Waals surface area contributed by atoms with E-state index in [1.807, 2.05) is 25.1 Å². The Bertz CT molecular complexity index is 679. The fourth-order valence-corrected chi connectivity index (χ4v) is 3.28. The van der Waals surface area contributed by atoms with Crippen molar-refractivity contribution in [2.75, 3.05) is 0 Å². The van der Waals surface area contributed by atoms with E-state index in [-0.39, 0.29) is 11.9 Å². The zero-order valence-electron chi connectivity index (χ0n) is 11.9. The number of aliphatic hydroxyl groups is 1. The van der Waals surface area contributed by atoms with Gasteiger partial charge in [-0.3, -0.25) is 4.79 Å². The topological polar surface area (TPSA) is 62.5 Å². The molecule has 2 aromatic rings. The Balaban J connectivity index is 1.86. The summed E-state index contributed by atoms with van der Waals surface area (Å²) in [6.45, 7) is 1.88. The Morgan fingerprint density at radius 2 is 2.14 bits per heavy atom. The molecule has 1 heterocycles. The van der Waals surface area contributed by atoms with Crippen molar-refractivity contribution < 1.29 is 14.3 Å². The molecule has 1 aromatic heterocycles. The molecule has 5 heteroatoms. The Hall–Kier alpha value is -1.33. The standard InChI is InChI=1S/C16H18BrNO3/c1-9-11-8-10(17)6-7-14(11)21-15(9)16(20)18-12-4-2-3-5-13(12)19/h6-8,12-13,19H,2-5H2,1H3,(H,18,20)/t12-,13-/m0/s1. The molecule has 0 radical (unpaired) electrons. The average molecular weight is 352 g/mol. The second kappa shape index (κ2) is 5.81. The third-order valence-electron chi connectivity index (χ3n) is 4.15. The van der Waals surface area contributed by atoms with Gasteiger partial charge in [-0.1, -0.05) is 28.8 Å². The number of nitrogens with one attached hydrogen (secondary N) is 1. The van der Waals surface area contributed by atoms with Crippen molar-refractivity contribution in [1.29, 1.82) is 0 Å². The van der Waals surface area contributed by atoms with Gasteiger partial charge in [-0.25, -0.2) is 0 Å². The monoisotopic (exact) mass is 351 g/mol. The van der Waals surface area contributed by atoms with Gasteiger partial charge in [0.05, 0.1) is 12.1 Å². The van der Waals surface area contributed by atoms with Crippen molar-refractivity contribution in [2.45, 2.75) is 44.8 Å². The third-order valence-corrected chi connectivity index (χ3v) is 4.64. The minimum Gasteiger partial charge on any atom is -0.451 e. The number of benzene rings is 1. The maximum Gasteiger partial charge on any atom is 0.287 e. The van der Waals surface area contributed by atoms with Gasteiger partial charge in [0.1, 0.15) is 5.58 Å². The number of amides is 1. The molecule has 21 heavy (non-hydrogen) atoms. The van der Waals surface area contributed by atoms with Crippen molar-refractivity contribution in [3.63, 3.8) is 0 Å². The van der Waals surface area contributed by atoms with Gasteiger partial charge in [-0.05, 0) is 38.0 Å². The summed E-state index contributed by atoms with van der Waals surface area (Å²) in [6, 6.07) is 5.50. The fourth-order valence-electron chi connectivity index (χ4n) is 2.92. The first-order valence-electron chi connectivity index (χ1n) is 7.24. The van der Waals surface area contributed by atoms with Crippen LogP contribution in [0, 0.1) is 6.92 Å². The van der Waals surface area contributed by atoms with Gasteiger partial charge in [0.2, 0.25) is 0 Å². The molecule has 2 N–H and O–H groups in total. The number of carbonyl (C=O) groups excluding carboxylic acids is 1. The molecule has 1 aromatic carbocycles. The lowest BCUT2D eigenvalue weighted by molar-refractivity contribution is 0.0699. The van der Waals surface area contributed by atoms with Crippen molar-refractivity contribution in [3.8, 4) is 0 Å². The van der Waals surface area contributed by atoms with Crippen molar-refractivity contribution in [2.24, 2.45) is 0 Å². The lowest BCUT2D eigenvalue weighted by Crippen LogP contribution is -2.45. The smallest absolute Gasteiger partial charge is 0.287 e. The van der Waals surface area contributed by atoms with Gasteiger partial charge < -0.3 is 14.8 Å². The predicted molar refractivity (Wildman–Crippen MR) is 84.4 cm³/mol. The Morgan fingerprint density at radius 1 is 1.38 bits per heavy atom. The molecule has 1 aliphatic rings. The summed E-state index contributed by atoms with van der Waals surface area (Å²) in [5.74, 6) is 0.0895. The van der Waals surface area contributed by atoms with Crippen LogP contribution in [-0.4, -0.2) is 23.2 Å². The second-order valence-corrected chi connectivity index (χ2v) is 6.54. The molecule has 1 fully saturated rings. The third kappa shape index (κ3) is 2.85. The van der Waals surface area contributed by atoms with Crippen LogP contribution in [0.4, 0.5) is 0 Å². The highest BCUT2D eigenvalue weighted by atomic mass is 79.9. The molecule has 112 valence electrons. The van der Waals surface area contributed by atoms with Gasteiger partial charge >= 0.3 is 0 Å². The van der Waals surface area contributed by atoms with Crippen LogP contribution in [0.15, 0.2) is 27.1 Å². The molecule has 0 aliphatic heterocycles. The first kappa shape index (κ1) is 14.6. The van der Waals surface area contributed by atoms with E-state index < -0.39 is 6.10 Å². The molecule has 3 rings (SSSR count). The van der Waals surface area contributed by atoms with Crippen LogP contribution >= 0.6 is 15.9 Å². The number of fused-ring (bicyclic) bond motifs is 1. The van der Waals surface area contributed by atoms with Gasteiger partial charge in [0.15, 0.2) is 5.76 Å². The lowest BCUT2D eigenvalue weighted by atomic mass is 9.92. The Kier molecular flexibility index (Phi) is 4.04. The van der Waals surface area contributed by atoms with Gasteiger partial charge in [0.25, 0.3) is 5.91 Å². The van der Waals surface area contributed by atoms with Crippen molar-refractivity contribution in [3.05, 3.63) is 34.0 Å². The lowest BCUT2D eigenvalue weighted by Gasteiger charge is -2.28. The molecule has 1 saturated carbocycles. The van der Waals surface area contributed by atoms with Gasteiger partial charge in [-0.15, -0.1) is 0 Å². The predicted octanol–water partition coefficient (Wildman–Crippen LogP) is 3.54. The normalized spacial score (nSPS) is 22.4. The number of halogens is 1. The highest BCUT2D eigenvalue weighted by Crippen LogP contribution is 2.28. The molecule has 4 nitrogen and oxygen atoms in total. The molecule has 1 amide bonds. The van der Waals surface area contributed by atoms with Crippen molar-refractivity contribution in [1.82, 2.24) is 5.32 Å². The SMILES string of the molecule is Cc1c(C(=O)N[C@H]2CCCC[C@@H]2O)oc2ccc(Br)cc12. The maximum atomic E-state index is 12.4. The number of hydrogen-bond donors (Lipinski definition) is 2. The number of carbonyl (C=O) groups is 1. The average Bonchev–Trinajstić information content (AvgIpc) is 2.79. The van der Waals surface area contributed by atoms with Crippen molar-refractivity contribution >= 4 is 32.8 Å². The van der Waals surface area contributed by atoms with Crippen LogP contribution < -0.4 is 5.32 Å². The van der Waals surface area contributed by atoms with Crippen LogP contribution in [0.3, 0.4) is 0 Å². The fraction of sp³-hybridized carbons (Fsp3) is 0.438. The largest absolute Gasteiger partial charge is 0.451 e. The summed E-state index contributed by atoms with van der Waals surface area (Å²) in [4.78, 5) is 12.4. The van der Waals surface area contributed by atoms with Crippen LogP contribution in [0.25, 0.3) is 11.0 Å². The van der Waals surface area contributed by atoms with E-state index in [0.717, 1.165) is 41.1 Å². The summed E-state index contributed by atoms with van der Waals surface area (Å²) in [6.07, 6.45) is 3.16. The zero-order valence-corrected chi connectivity index (χ0v) is 13.4. The molecular weight excluding hydrogens is 334 g/mol. The highest BCUT2D eigenvalue weighted by Gasteiger charge is 2.27. The van der Waals surface area contributed by atoms with Crippen LogP contribution in [0.1, 0.15) is 41.8 Å². The zero-order chi connectivity index (χ0) is 15.0. The quantitative estimate of drug-likeness (QED) is 0.869. The number of aliphatic hydroxyl groups excluding tert-OH is 1. The Morgan fingerprint density at radius 3 is 2.90 bits per heavy atom. The second-order valence-electron chi connectivity index (χ2n) is 5.63. The molecule has 0 saturated heterocycles. The van der Waals surface area contributed by atoms with E-state index in [2.05, 4.69) is 21.2 Å². The number of furan rings is 1. The van der Waals surface area contributed by atoms with E-state index >= 15 is 0 Å². The first-order chi connectivity index (χ1) is 10.1. The van der Waals surface area contributed by atoms with Crippen LogP contribution in [-0.2, 0) is 0 Å². The summed E-state index contributed by atoms with van der Waals surface area (Å²) in [5, 5.41) is 13.8. The molecular formula is C16H18BrNO3. The number of hydrogen-bond acceptors (Lipinski definition) is 3. The molecule has 0 spiro atoms. The minimum atomic E-state index is -0.457. The number of aryl methyl sites for hydroxylation is 1. The number of rotatable bonds is 2. The molecule has 0 bridgehead atoms. The van der Waals surface area contributed by atoms with E-state index in [9.17, 15) is 9.90 Å².